The number of carboxylic acid groups (broad SMARTS) is 1. The predicted molar refractivity (Wildman–Crippen MR) is 58.7 cm³/mol. The molecule has 2 unspecified atom stereocenters. The van der Waals surface area contributed by atoms with E-state index in [4.69, 9.17) is 5.11 Å². The van der Waals surface area contributed by atoms with E-state index < -0.39 is 22.7 Å². The maximum atomic E-state index is 11.5. The molecule has 0 aliphatic heterocycles. The monoisotopic (exact) mass is 220 g/mol. The minimum absolute atomic E-state index is 0.169. The van der Waals surface area contributed by atoms with Gasteiger partial charge in [0.2, 0.25) is 0 Å². The van der Waals surface area contributed by atoms with Crippen LogP contribution in [0.15, 0.2) is 0 Å². The summed E-state index contributed by atoms with van der Waals surface area (Å²) in [5, 5.41) is 8.62. The normalized spacial score (nSPS) is 16.3. The molecule has 0 bridgehead atoms. The maximum absolute atomic E-state index is 11.5. The highest BCUT2D eigenvalue weighted by molar-refractivity contribution is 7.85. The van der Waals surface area contributed by atoms with Crippen LogP contribution in [0.2, 0.25) is 0 Å². The highest BCUT2D eigenvalue weighted by Crippen LogP contribution is 2.18. The fourth-order valence-corrected chi connectivity index (χ4v) is 2.56. The van der Waals surface area contributed by atoms with Gasteiger partial charge in [0.25, 0.3) is 0 Å². The van der Waals surface area contributed by atoms with E-state index in [1.165, 1.54) is 0 Å². The highest BCUT2D eigenvalue weighted by atomic mass is 32.2. The SMILES string of the molecule is CC(CS(=O)CCC(C)(C)C)C(=O)O. The number of hydrogen-bond donors (Lipinski definition) is 1. The van der Waals surface area contributed by atoms with Gasteiger partial charge in [0.15, 0.2) is 0 Å². The molecule has 0 aromatic rings. The van der Waals surface area contributed by atoms with E-state index in [9.17, 15) is 9.00 Å². The van der Waals surface area contributed by atoms with Gasteiger partial charge in [0, 0.05) is 22.3 Å². The van der Waals surface area contributed by atoms with Gasteiger partial charge in [-0.25, -0.2) is 0 Å². The van der Waals surface area contributed by atoms with Crippen molar-refractivity contribution in [1.82, 2.24) is 0 Å². The minimum Gasteiger partial charge on any atom is -0.481 e. The highest BCUT2D eigenvalue weighted by Gasteiger charge is 2.17. The van der Waals surface area contributed by atoms with Crippen molar-refractivity contribution in [3.63, 3.8) is 0 Å². The van der Waals surface area contributed by atoms with Gasteiger partial charge in [0.05, 0.1) is 5.92 Å². The van der Waals surface area contributed by atoms with Crippen molar-refractivity contribution in [3.05, 3.63) is 0 Å². The summed E-state index contributed by atoms with van der Waals surface area (Å²) in [4.78, 5) is 10.5. The summed E-state index contributed by atoms with van der Waals surface area (Å²) in [6.45, 7) is 7.86. The summed E-state index contributed by atoms with van der Waals surface area (Å²) < 4.78 is 11.5. The lowest BCUT2D eigenvalue weighted by Crippen LogP contribution is -2.20. The molecule has 0 spiro atoms. The van der Waals surface area contributed by atoms with Crippen molar-refractivity contribution in [2.75, 3.05) is 11.5 Å². The summed E-state index contributed by atoms with van der Waals surface area (Å²) in [6, 6.07) is 0. The lowest BCUT2D eigenvalue weighted by Gasteiger charge is -2.17. The van der Waals surface area contributed by atoms with Gasteiger partial charge in [-0.3, -0.25) is 9.00 Å². The van der Waals surface area contributed by atoms with E-state index in [-0.39, 0.29) is 11.2 Å². The van der Waals surface area contributed by atoms with Gasteiger partial charge in [-0.05, 0) is 11.8 Å². The third-order valence-corrected chi connectivity index (χ3v) is 3.47. The number of rotatable bonds is 5. The predicted octanol–water partition coefficient (Wildman–Crippen LogP) is 1.89. The molecule has 2 atom stereocenters. The Balaban J connectivity index is 3.83. The molecule has 0 heterocycles. The van der Waals surface area contributed by atoms with Gasteiger partial charge < -0.3 is 5.11 Å². The Hall–Kier alpha value is -0.380. The molecule has 0 aromatic heterocycles. The van der Waals surface area contributed by atoms with Crippen molar-refractivity contribution in [2.24, 2.45) is 11.3 Å². The van der Waals surface area contributed by atoms with Gasteiger partial charge in [-0.15, -0.1) is 0 Å². The van der Waals surface area contributed by atoms with E-state index in [1.807, 2.05) is 0 Å². The van der Waals surface area contributed by atoms with Crippen LogP contribution in [0, 0.1) is 11.3 Å². The summed E-state index contributed by atoms with van der Waals surface area (Å²) in [5.74, 6) is -0.503. The molecular weight excluding hydrogens is 200 g/mol. The first-order valence-electron chi connectivity index (χ1n) is 4.80. The van der Waals surface area contributed by atoms with E-state index in [1.54, 1.807) is 6.92 Å². The second-order valence-corrected chi connectivity index (χ2v) is 6.48. The molecule has 0 aliphatic rings. The zero-order valence-electron chi connectivity index (χ0n) is 9.37. The van der Waals surface area contributed by atoms with Crippen LogP contribution in [0.4, 0.5) is 0 Å². The summed E-state index contributed by atoms with van der Waals surface area (Å²) >= 11 is 0. The summed E-state index contributed by atoms with van der Waals surface area (Å²) in [7, 11) is -0.998. The van der Waals surface area contributed by atoms with Crippen LogP contribution in [0.3, 0.4) is 0 Å². The van der Waals surface area contributed by atoms with Crippen molar-refractivity contribution < 1.29 is 14.1 Å². The van der Waals surface area contributed by atoms with Gasteiger partial charge >= 0.3 is 5.97 Å². The Morgan fingerprint density at radius 3 is 2.29 bits per heavy atom. The van der Waals surface area contributed by atoms with Crippen molar-refractivity contribution in [1.29, 1.82) is 0 Å². The standard InChI is InChI=1S/C10H20O3S/c1-8(9(11)12)7-14(13)6-5-10(2,3)4/h8H,5-7H2,1-4H3,(H,11,12). The maximum Gasteiger partial charge on any atom is 0.307 e. The molecule has 0 saturated carbocycles. The van der Waals surface area contributed by atoms with Crippen molar-refractivity contribution >= 4 is 16.8 Å². The van der Waals surface area contributed by atoms with E-state index in [2.05, 4.69) is 20.8 Å². The molecule has 1 N–H and O–H groups in total. The van der Waals surface area contributed by atoms with E-state index >= 15 is 0 Å². The van der Waals surface area contributed by atoms with Crippen molar-refractivity contribution in [2.45, 2.75) is 34.1 Å². The summed E-state index contributed by atoms with van der Waals surface area (Å²) in [5.41, 5.74) is 0.169. The van der Waals surface area contributed by atoms with Gasteiger partial charge in [-0.1, -0.05) is 27.7 Å². The zero-order chi connectivity index (χ0) is 11.4. The first-order valence-corrected chi connectivity index (χ1v) is 6.29. The molecule has 4 heteroatoms. The van der Waals surface area contributed by atoms with E-state index in [0.717, 1.165) is 6.42 Å². The molecule has 0 rings (SSSR count). The molecular formula is C10H20O3S. The fourth-order valence-electron chi connectivity index (χ4n) is 0.853. The number of aliphatic carboxylic acids is 1. The first kappa shape index (κ1) is 13.6. The average molecular weight is 220 g/mol. The second-order valence-electron chi connectivity index (χ2n) is 4.86. The Morgan fingerprint density at radius 1 is 1.43 bits per heavy atom. The molecule has 0 aromatic carbocycles. The molecule has 0 aliphatic carbocycles. The topological polar surface area (TPSA) is 54.4 Å². The Bertz CT molecular complexity index is 218. The van der Waals surface area contributed by atoms with Crippen LogP contribution in [-0.2, 0) is 15.6 Å². The van der Waals surface area contributed by atoms with Crippen LogP contribution in [-0.4, -0.2) is 26.8 Å². The van der Waals surface area contributed by atoms with Crippen LogP contribution >= 0.6 is 0 Å². The molecule has 0 saturated heterocycles. The minimum atomic E-state index is -0.998. The van der Waals surface area contributed by atoms with Gasteiger partial charge in [0.1, 0.15) is 0 Å². The molecule has 0 amide bonds. The largest absolute Gasteiger partial charge is 0.481 e. The molecule has 3 nitrogen and oxygen atoms in total. The van der Waals surface area contributed by atoms with E-state index in [0.29, 0.717) is 5.75 Å². The third kappa shape index (κ3) is 7.06. The second kappa shape index (κ2) is 5.49. The smallest absolute Gasteiger partial charge is 0.307 e. The molecule has 0 fully saturated rings. The Kier molecular flexibility index (Phi) is 5.34. The lowest BCUT2D eigenvalue weighted by molar-refractivity contribution is -0.140. The van der Waals surface area contributed by atoms with Crippen LogP contribution in [0.1, 0.15) is 34.1 Å². The van der Waals surface area contributed by atoms with Crippen molar-refractivity contribution in [3.8, 4) is 0 Å². The quantitative estimate of drug-likeness (QED) is 0.769. The fraction of sp³-hybridized carbons (Fsp3) is 0.900. The molecule has 84 valence electrons. The Morgan fingerprint density at radius 2 is 1.93 bits per heavy atom. The number of carbonyl (C=O) groups is 1. The number of carboxylic acids is 1. The van der Waals surface area contributed by atoms with Crippen LogP contribution in [0.5, 0.6) is 0 Å². The molecule has 0 radical (unpaired) electrons. The lowest BCUT2D eigenvalue weighted by atomic mass is 9.94. The summed E-state index contributed by atoms with van der Waals surface area (Å²) in [6.07, 6.45) is 0.867. The van der Waals surface area contributed by atoms with Crippen LogP contribution in [0.25, 0.3) is 0 Å². The van der Waals surface area contributed by atoms with Gasteiger partial charge in [-0.2, -0.15) is 0 Å². The number of hydrogen-bond acceptors (Lipinski definition) is 2. The average Bonchev–Trinajstić information content (AvgIpc) is 1.99. The van der Waals surface area contributed by atoms with Crippen LogP contribution < -0.4 is 0 Å². The molecule has 14 heavy (non-hydrogen) atoms. The zero-order valence-corrected chi connectivity index (χ0v) is 10.2. The first-order chi connectivity index (χ1) is 6.22. The Labute approximate surface area is 88.4 Å². The third-order valence-electron chi connectivity index (χ3n) is 1.94.